The van der Waals surface area contributed by atoms with Gasteiger partial charge in [-0.05, 0) is 12.1 Å². The molecule has 0 aliphatic heterocycles. The predicted octanol–water partition coefficient (Wildman–Crippen LogP) is 3.74. The molecule has 0 saturated carbocycles. The first-order chi connectivity index (χ1) is 9.20. The van der Waals surface area contributed by atoms with Crippen LogP contribution in [0.4, 0.5) is 5.69 Å². The van der Waals surface area contributed by atoms with Gasteiger partial charge in [0.2, 0.25) is 5.76 Å². The van der Waals surface area contributed by atoms with Gasteiger partial charge in [-0.2, -0.15) is 5.26 Å². The minimum atomic E-state index is 0.269. The smallest absolute Gasteiger partial charge is 0.231 e. The van der Waals surface area contributed by atoms with Crippen LogP contribution in [0.1, 0.15) is 5.76 Å². The van der Waals surface area contributed by atoms with Crippen molar-refractivity contribution in [2.24, 2.45) is 4.99 Å². The van der Waals surface area contributed by atoms with Crippen molar-refractivity contribution < 1.29 is 4.42 Å². The molecule has 0 radical (unpaired) electrons. The van der Waals surface area contributed by atoms with Gasteiger partial charge in [0.1, 0.15) is 16.5 Å². The van der Waals surface area contributed by atoms with Crippen LogP contribution in [0.5, 0.6) is 0 Å². The molecule has 0 spiro atoms. The molecule has 0 aliphatic rings. The number of benzene rings is 1. The second-order valence-corrected chi connectivity index (χ2v) is 5.41. The molecule has 4 nitrogen and oxygen atoms in total. The summed E-state index contributed by atoms with van der Waals surface area (Å²) in [5.74, 6) is 0.269. The van der Waals surface area contributed by atoms with Crippen LogP contribution in [-0.2, 0) is 0 Å². The summed E-state index contributed by atoms with van der Waals surface area (Å²) >= 11 is 1.60. The van der Waals surface area contributed by atoms with Crippen molar-refractivity contribution in [1.29, 1.82) is 5.26 Å². The Morgan fingerprint density at radius 3 is 2.89 bits per heavy atom. The lowest BCUT2D eigenvalue weighted by Crippen LogP contribution is -2.06. The van der Waals surface area contributed by atoms with E-state index < -0.39 is 0 Å². The number of aliphatic imine (C=N–C) groups is 1. The van der Waals surface area contributed by atoms with Gasteiger partial charge in [-0.1, -0.05) is 12.1 Å². The van der Waals surface area contributed by atoms with E-state index in [1.54, 1.807) is 17.7 Å². The van der Waals surface area contributed by atoms with Gasteiger partial charge in [0, 0.05) is 24.2 Å². The maximum Gasteiger partial charge on any atom is 0.231 e. The topological polar surface area (TPSA) is 52.5 Å². The molecule has 1 aromatic carbocycles. The molecule has 0 atom stereocenters. The summed E-state index contributed by atoms with van der Waals surface area (Å²) < 4.78 is 7.72. The maximum atomic E-state index is 9.15. The monoisotopic (exact) mass is 269 g/mol. The maximum absolute atomic E-state index is 9.15. The molecule has 94 valence electrons. The lowest BCUT2D eigenvalue weighted by molar-refractivity contribution is 0.603. The van der Waals surface area contributed by atoms with Crippen LogP contribution in [0.25, 0.3) is 20.4 Å². The normalized spacial score (nSPS) is 11.4. The molecule has 2 aromatic heterocycles. The molecular weight excluding hydrogens is 258 g/mol. The number of thiophene rings is 1. The fourth-order valence-electron chi connectivity index (χ4n) is 1.90. The van der Waals surface area contributed by atoms with Crippen molar-refractivity contribution in [3.8, 4) is 6.07 Å². The Bertz CT molecular complexity index is 820. The number of nitriles is 1. The molecule has 0 amide bonds. The quantitative estimate of drug-likeness (QED) is 0.526. The lowest BCUT2D eigenvalue weighted by atomic mass is 10.2. The molecule has 0 N–H and O–H groups in total. The average molecular weight is 269 g/mol. The second kappa shape index (κ2) is 4.41. The molecule has 5 heteroatoms. The highest BCUT2D eigenvalue weighted by Gasteiger charge is 2.18. The Morgan fingerprint density at radius 1 is 1.37 bits per heavy atom. The van der Waals surface area contributed by atoms with Gasteiger partial charge in [-0.25, -0.2) is 4.99 Å². The second-order valence-electron chi connectivity index (χ2n) is 4.36. The van der Waals surface area contributed by atoms with Crippen LogP contribution in [-0.4, -0.2) is 25.3 Å². The largest absolute Gasteiger partial charge is 0.442 e. The zero-order valence-electron chi connectivity index (χ0n) is 10.5. The van der Waals surface area contributed by atoms with E-state index in [1.807, 2.05) is 43.3 Å². The number of furan rings is 1. The molecule has 0 saturated heterocycles. The third-order valence-electron chi connectivity index (χ3n) is 2.70. The first-order valence-corrected chi connectivity index (χ1v) is 6.57. The van der Waals surface area contributed by atoms with Gasteiger partial charge in [-0.15, -0.1) is 11.3 Å². The highest BCUT2D eigenvalue weighted by molar-refractivity contribution is 7.26. The van der Waals surface area contributed by atoms with Crippen molar-refractivity contribution in [3.63, 3.8) is 0 Å². The summed E-state index contributed by atoms with van der Waals surface area (Å²) in [7, 11) is 3.77. The molecule has 0 bridgehead atoms. The summed E-state index contributed by atoms with van der Waals surface area (Å²) in [6, 6.07) is 10.1. The third-order valence-corrected chi connectivity index (χ3v) is 3.86. The zero-order valence-corrected chi connectivity index (χ0v) is 11.4. The van der Waals surface area contributed by atoms with Crippen LogP contribution in [0.2, 0.25) is 0 Å². The van der Waals surface area contributed by atoms with E-state index in [9.17, 15) is 0 Å². The molecule has 3 rings (SSSR count). The fourth-order valence-corrected chi connectivity index (χ4v) is 3.02. The first-order valence-electron chi connectivity index (χ1n) is 5.75. The molecular formula is C14H11N3OS. The first kappa shape index (κ1) is 11.8. The van der Waals surface area contributed by atoms with E-state index in [1.165, 1.54) is 0 Å². The van der Waals surface area contributed by atoms with Gasteiger partial charge >= 0.3 is 0 Å². The van der Waals surface area contributed by atoms with E-state index >= 15 is 0 Å². The van der Waals surface area contributed by atoms with Crippen LogP contribution in [0.3, 0.4) is 0 Å². The van der Waals surface area contributed by atoms with Crippen molar-refractivity contribution in [2.75, 3.05) is 14.1 Å². The van der Waals surface area contributed by atoms with Gasteiger partial charge in [0.25, 0.3) is 0 Å². The minimum Gasteiger partial charge on any atom is -0.442 e. The third kappa shape index (κ3) is 1.86. The van der Waals surface area contributed by atoms with Gasteiger partial charge in [-0.3, -0.25) is 0 Å². The van der Waals surface area contributed by atoms with Crippen LogP contribution < -0.4 is 0 Å². The SMILES string of the molecule is CN(C)C=Nc1c(C#N)oc2c1sc1ccccc12. The standard InChI is InChI=1S/C14H11N3OS/c1-17(2)8-16-12-10(7-15)18-13-9-5-3-4-6-11(9)19-14(12)13/h3-6,8H,1-2H3. The molecule has 3 aromatic rings. The van der Waals surface area contributed by atoms with Crippen LogP contribution in [0, 0.1) is 11.3 Å². The Balaban J connectivity index is 2.32. The summed E-state index contributed by atoms with van der Waals surface area (Å²) in [4.78, 5) is 6.18. The number of hydrogen-bond donors (Lipinski definition) is 0. The van der Waals surface area contributed by atoms with Crippen molar-refractivity contribution in [3.05, 3.63) is 30.0 Å². The lowest BCUT2D eigenvalue weighted by Gasteiger charge is -2.00. The summed E-state index contributed by atoms with van der Waals surface area (Å²) in [6.45, 7) is 0. The van der Waals surface area contributed by atoms with E-state index in [0.29, 0.717) is 5.69 Å². The molecule has 2 heterocycles. The molecule has 0 aliphatic carbocycles. The average Bonchev–Trinajstić information content (AvgIpc) is 2.91. The fraction of sp³-hybridized carbons (Fsp3) is 0.143. The molecule has 19 heavy (non-hydrogen) atoms. The zero-order chi connectivity index (χ0) is 13.4. The number of fused-ring (bicyclic) bond motifs is 3. The van der Waals surface area contributed by atoms with Crippen LogP contribution >= 0.6 is 11.3 Å². The van der Waals surface area contributed by atoms with E-state index in [4.69, 9.17) is 9.68 Å². The van der Waals surface area contributed by atoms with Crippen molar-refractivity contribution >= 4 is 43.7 Å². The number of hydrogen-bond acceptors (Lipinski definition) is 4. The summed E-state index contributed by atoms with van der Waals surface area (Å²) in [6.07, 6.45) is 1.68. The van der Waals surface area contributed by atoms with Crippen LogP contribution in [0.15, 0.2) is 33.7 Å². The van der Waals surface area contributed by atoms with Gasteiger partial charge in [0.15, 0.2) is 5.58 Å². The Hall–Kier alpha value is -2.32. The van der Waals surface area contributed by atoms with Gasteiger partial charge in [0.05, 0.1) is 6.34 Å². The van der Waals surface area contributed by atoms with E-state index in [-0.39, 0.29) is 5.76 Å². The molecule has 0 unspecified atom stereocenters. The molecule has 0 fully saturated rings. The Labute approximate surface area is 114 Å². The van der Waals surface area contributed by atoms with Gasteiger partial charge < -0.3 is 9.32 Å². The number of rotatable bonds is 2. The highest BCUT2D eigenvalue weighted by Crippen LogP contribution is 2.43. The van der Waals surface area contributed by atoms with Crippen molar-refractivity contribution in [2.45, 2.75) is 0 Å². The Morgan fingerprint density at radius 2 is 2.16 bits per heavy atom. The van der Waals surface area contributed by atoms with Crippen molar-refractivity contribution in [1.82, 2.24) is 4.90 Å². The summed E-state index contributed by atoms with van der Waals surface area (Å²) in [5, 5.41) is 10.2. The highest BCUT2D eigenvalue weighted by atomic mass is 32.1. The summed E-state index contributed by atoms with van der Waals surface area (Å²) in [5.41, 5.74) is 1.37. The number of nitrogens with zero attached hydrogens (tertiary/aromatic N) is 3. The van der Waals surface area contributed by atoms with E-state index in [2.05, 4.69) is 11.1 Å². The predicted molar refractivity (Wildman–Crippen MR) is 78.2 cm³/mol. The van der Waals surface area contributed by atoms with E-state index in [0.717, 1.165) is 20.4 Å². The Kier molecular flexibility index (Phi) is 2.73. The minimum absolute atomic E-state index is 0.269.